The van der Waals surface area contributed by atoms with E-state index in [1.54, 1.807) is 0 Å². The molecule has 0 saturated carbocycles. The maximum absolute atomic E-state index is 5.58. The second-order valence-corrected chi connectivity index (χ2v) is 4.27. The summed E-state index contributed by atoms with van der Waals surface area (Å²) in [5.74, 6) is 0.680. The maximum atomic E-state index is 5.58. The molecule has 0 aromatic rings. The molecule has 1 atom stereocenters. The van der Waals surface area contributed by atoms with E-state index < -0.39 is 0 Å². The predicted octanol–water partition coefficient (Wildman–Crippen LogP) is 0.219. The van der Waals surface area contributed by atoms with E-state index in [9.17, 15) is 0 Å². The van der Waals surface area contributed by atoms with Gasteiger partial charge in [0.15, 0.2) is 0 Å². The minimum absolute atomic E-state index is 0.680. The average Bonchev–Trinajstić information content (AvgIpc) is 2.16. The summed E-state index contributed by atoms with van der Waals surface area (Å²) < 4.78 is 0. The third-order valence-electron chi connectivity index (χ3n) is 2.94. The van der Waals surface area contributed by atoms with E-state index in [0.29, 0.717) is 5.92 Å². The lowest BCUT2D eigenvalue weighted by Crippen LogP contribution is -2.45. The molecule has 0 aromatic carbocycles. The van der Waals surface area contributed by atoms with Crippen LogP contribution in [0.4, 0.5) is 0 Å². The van der Waals surface area contributed by atoms with E-state index in [1.807, 2.05) is 0 Å². The standard InChI is InChI=1S/C10H23N3/c1-10(9-11)3-4-13-7-5-12(2)6-8-13/h10H,3-9,11H2,1-2H3. The zero-order valence-electron chi connectivity index (χ0n) is 9.00. The Hall–Kier alpha value is -0.120. The summed E-state index contributed by atoms with van der Waals surface area (Å²) in [7, 11) is 2.19. The largest absolute Gasteiger partial charge is 0.330 e. The molecule has 0 bridgehead atoms. The fourth-order valence-corrected chi connectivity index (χ4v) is 1.59. The predicted molar refractivity (Wildman–Crippen MR) is 56.8 cm³/mol. The van der Waals surface area contributed by atoms with Crippen LogP contribution in [0.3, 0.4) is 0 Å². The SMILES string of the molecule is CC(CN)CCN1CCN(C)CC1. The highest BCUT2D eigenvalue weighted by Gasteiger charge is 2.13. The topological polar surface area (TPSA) is 32.5 Å². The summed E-state index contributed by atoms with van der Waals surface area (Å²) in [6.07, 6.45) is 1.25. The Morgan fingerprint density at radius 3 is 2.38 bits per heavy atom. The van der Waals surface area contributed by atoms with E-state index in [0.717, 1.165) is 6.54 Å². The van der Waals surface area contributed by atoms with Crippen LogP contribution < -0.4 is 5.73 Å². The molecular formula is C10H23N3. The highest BCUT2D eigenvalue weighted by atomic mass is 15.2. The molecule has 3 nitrogen and oxygen atoms in total. The van der Waals surface area contributed by atoms with Gasteiger partial charge in [0, 0.05) is 26.2 Å². The molecule has 0 spiro atoms. The molecule has 3 heteroatoms. The van der Waals surface area contributed by atoms with Crippen molar-refractivity contribution in [3.05, 3.63) is 0 Å². The van der Waals surface area contributed by atoms with Crippen molar-refractivity contribution in [2.45, 2.75) is 13.3 Å². The molecule has 0 aromatic heterocycles. The summed E-state index contributed by atoms with van der Waals surface area (Å²) in [6, 6.07) is 0. The lowest BCUT2D eigenvalue weighted by Gasteiger charge is -2.32. The number of likely N-dealkylation sites (N-methyl/N-ethyl adjacent to an activating group) is 1. The first-order valence-electron chi connectivity index (χ1n) is 5.33. The van der Waals surface area contributed by atoms with Gasteiger partial charge in [-0.05, 0) is 32.5 Å². The summed E-state index contributed by atoms with van der Waals surface area (Å²) in [4.78, 5) is 4.94. The Labute approximate surface area is 81.9 Å². The summed E-state index contributed by atoms with van der Waals surface area (Å²) in [5, 5.41) is 0. The van der Waals surface area contributed by atoms with Crippen LogP contribution in [0, 0.1) is 5.92 Å². The van der Waals surface area contributed by atoms with Crippen molar-refractivity contribution in [1.29, 1.82) is 0 Å². The normalized spacial score (nSPS) is 23.3. The first-order valence-corrected chi connectivity index (χ1v) is 5.33. The summed E-state index contributed by atoms with van der Waals surface area (Å²) >= 11 is 0. The quantitative estimate of drug-likeness (QED) is 0.680. The van der Waals surface area contributed by atoms with Gasteiger partial charge in [-0.25, -0.2) is 0 Å². The molecule has 1 aliphatic rings. The molecule has 1 rings (SSSR count). The van der Waals surface area contributed by atoms with Gasteiger partial charge in [-0.1, -0.05) is 6.92 Å². The van der Waals surface area contributed by atoms with Gasteiger partial charge in [-0.2, -0.15) is 0 Å². The maximum Gasteiger partial charge on any atom is 0.0110 e. The molecule has 0 aliphatic carbocycles. The number of nitrogens with two attached hydrogens (primary N) is 1. The first-order chi connectivity index (χ1) is 6.22. The van der Waals surface area contributed by atoms with Crippen molar-refractivity contribution in [1.82, 2.24) is 9.80 Å². The van der Waals surface area contributed by atoms with Crippen LogP contribution in [-0.4, -0.2) is 56.1 Å². The van der Waals surface area contributed by atoms with Crippen LogP contribution in [0.25, 0.3) is 0 Å². The molecule has 1 heterocycles. The summed E-state index contributed by atoms with van der Waals surface area (Å²) in [6.45, 7) is 9.19. The third-order valence-corrected chi connectivity index (χ3v) is 2.94. The zero-order chi connectivity index (χ0) is 9.68. The summed E-state index contributed by atoms with van der Waals surface area (Å²) in [5.41, 5.74) is 5.58. The number of nitrogens with zero attached hydrogens (tertiary/aromatic N) is 2. The molecule has 1 unspecified atom stereocenters. The molecule has 0 radical (unpaired) electrons. The lowest BCUT2D eigenvalue weighted by molar-refractivity contribution is 0.148. The molecule has 78 valence electrons. The van der Waals surface area contributed by atoms with Crippen molar-refractivity contribution >= 4 is 0 Å². The van der Waals surface area contributed by atoms with Crippen molar-refractivity contribution in [3.8, 4) is 0 Å². The second kappa shape index (κ2) is 5.58. The molecule has 2 N–H and O–H groups in total. The van der Waals surface area contributed by atoms with E-state index >= 15 is 0 Å². The Kier molecular flexibility index (Phi) is 4.70. The average molecular weight is 185 g/mol. The Bertz CT molecular complexity index is 130. The minimum Gasteiger partial charge on any atom is -0.330 e. The van der Waals surface area contributed by atoms with Crippen molar-refractivity contribution in [2.24, 2.45) is 11.7 Å². The molecule has 1 saturated heterocycles. The van der Waals surface area contributed by atoms with Crippen LogP contribution in [0.15, 0.2) is 0 Å². The van der Waals surface area contributed by atoms with Crippen LogP contribution >= 0.6 is 0 Å². The number of rotatable bonds is 4. The Morgan fingerprint density at radius 1 is 1.23 bits per heavy atom. The van der Waals surface area contributed by atoms with E-state index in [2.05, 4.69) is 23.8 Å². The molecule has 0 amide bonds. The monoisotopic (exact) mass is 185 g/mol. The van der Waals surface area contributed by atoms with Crippen molar-refractivity contribution < 1.29 is 0 Å². The molecule has 1 fully saturated rings. The van der Waals surface area contributed by atoms with Crippen LogP contribution in [0.1, 0.15) is 13.3 Å². The number of hydrogen-bond donors (Lipinski definition) is 1. The lowest BCUT2D eigenvalue weighted by atomic mass is 10.1. The number of hydrogen-bond acceptors (Lipinski definition) is 3. The van der Waals surface area contributed by atoms with Crippen LogP contribution in [-0.2, 0) is 0 Å². The molecule has 1 aliphatic heterocycles. The fraction of sp³-hybridized carbons (Fsp3) is 1.00. The van der Waals surface area contributed by atoms with E-state index in [-0.39, 0.29) is 0 Å². The highest BCUT2D eigenvalue weighted by Crippen LogP contribution is 2.04. The minimum atomic E-state index is 0.680. The van der Waals surface area contributed by atoms with Crippen molar-refractivity contribution in [2.75, 3.05) is 46.3 Å². The van der Waals surface area contributed by atoms with Gasteiger partial charge in [0.05, 0.1) is 0 Å². The van der Waals surface area contributed by atoms with Gasteiger partial charge in [-0.15, -0.1) is 0 Å². The highest BCUT2D eigenvalue weighted by molar-refractivity contribution is 4.69. The smallest absolute Gasteiger partial charge is 0.0110 e. The fourth-order valence-electron chi connectivity index (χ4n) is 1.59. The third kappa shape index (κ3) is 4.07. The van der Waals surface area contributed by atoms with Crippen LogP contribution in [0.2, 0.25) is 0 Å². The van der Waals surface area contributed by atoms with Gasteiger partial charge in [-0.3, -0.25) is 0 Å². The van der Waals surface area contributed by atoms with E-state index in [4.69, 9.17) is 5.73 Å². The van der Waals surface area contributed by atoms with Gasteiger partial charge < -0.3 is 15.5 Å². The Balaban J connectivity index is 2.08. The first kappa shape index (κ1) is 11.0. The zero-order valence-corrected chi connectivity index (χ0v) is 9.00. The van der Waals surface area contributed by atoms with Crippen LogP contribution in [0.5, 0.6) is 0 Å². The van der Waals surface area contributed by atoms with Gasteiger partial charge in [0.1, 0.15) is 0 Å². The molecule has 13 heavy (non-hydrogen) atoms. The Morgan fingerprint density at radius 2 is 1.85 bits per heavy atom. The number of piperazine rings is 1. The van der Waals surface area contributed by atoms with Gasteiger partial charge >= 0.3 is 0 Å². The molecular weight excluding hydrogens is 162 g/mol. The van der Waals surface area contributed by atoms with Gasteiger partial charge in [0.25, 0.3) is 0 Å². The van der Waals surface area contributed by atoms with E-state index in [1.165, 1.54) is 39.1 Å². The second-order valence-electron chi connectivity index (χ2n) is 4.27. The van der Waals surface area contributed by atoms with Gasteiger partial charge in [0.2, 0.25) is 0 Å². The van der Waals surface area contributed by atoms with Crippen molar-refractivity contribution in [3.63, 3.8) is 0 Å².